The van der Waals surface area contributed by atoms with Crippen LogP contribution in [0.3, 0.4) is 0 Å². The molecule has 4 aromatic rings. The molecule has 0 bridgehead atoms. The molecule has 0 aliphatic carbocycles. The van der Waals surface area contributed by atoms with E-state index in [0.29, 0.717) is 17.0 Å². The summed E-state index contributed by atoms with van der Waals surface area (Å²) in [5.74, 6) is -0.956. The highest BCUT2D eigenvalue weighted by Gasteiger charge is 2.33. The molecule has 6 nitrogen and oxygen atoms in total. The topological polar surface area (TPSA) is 71.9 Å². The summed E-state index contributed by atoms with van der Waals surface area (Å²) in [7, 11) is 0. The van der Waals surface area contributed by atoms with E-state index < -0.39 is 12.6 Å². The Balaban J connectivity index is 1.40. The molecule has 0 saturated carbocycles. The predicted molar refractivity (Wildman–Crippen MR) is 137 cm³/mol. The minimum Gasteiger partial charge on any atom is -0.452 e. The van der Waals surface area contributed by atoms with Gasteiger partial charge in [-0.15, -0.1) is 11.8 Å². The zero-order valence-electron chi connectivity index (χ0n) is 19.1. The number of fused-ring (bicyclic) bond motifs is 1. The Kier molecular flexibility index (Phi) is 6.59. The van der Waals surface area contributed by atoms with Gasteiger partial charge < -0.3 is 4.74 Å². The summed E-state index contributed by atoms with van der Waals surface area (Å²) in [6.07, 6.45) is 4.02. The highest BCUT2D eigenvalue weighted by atomic mass is 32.2. The Morgan fingerprint density at radius 1 is 0.971 bits per heavy atom. The Morgan fingerprint density at radius 2 is 1.74 bits per heavy atom. The summed E-state index contributed by atoms with van der Waals surface area (Å²) in [5.41, 5.74) is 3.11. The normalized spacial score (nSPS) is 15.2. The molecule has 2 heterocycles. The molecule has 0 saturated heterocycles. The van der Waals surface area contributed by atoms with Crippen molar-refractivity contribution in [3.05, 3.63) is 108 Å². The molecule has 3 aromatic carbocycles. The van der Waals surface area contributed by atoms with Gasteiger partial charge in [0.15, 0.2) is 6.61 Å². The first-order valence-electron chi connectivity index (χ1n) is 11.2. The fourth-order valence-electron chi connectivity index (χ4n) is 4.20. The summed E-state index contributed by atoms with van der Waals surface area (Å²) < 4.78 is 5.37. The van der Waals surface area contributed by atoms with Crippen molar-refractivity contribution in [3.63, 3.8) is 0 Å². The van der Waals surface area contributed by atoms with Crippen molar-refractivity contribution < 1.29 is 14.3 Å². The highest BCUT2D eigenvalue weighted by molar-refractivity contribution is 7.98. The maximum atomic E-state index is 13.2. The minimum atomic E-state index is -0.579. The molecule has 1 atom stereocenters. The van der Waals surface area contributed by atoms with Crippen LogP contribution in [-0.2, 0) is 9.53 Å². The van der Waals surface area contributed by atoms with Crippen molar-refractivity contribution in [1.29, 1.82) is 0 Å². The first kappa shape index (κ1) is 22.8. The molecule has 1 aromatic heterocycles. The number of amides is 1. The monoisotopic (exact) mass is 481 g/mol. The van der Waals surface area contributed by atoms with Gasteiger partial charge in [0.05, 0.1) is 17.3 Å². The van der Waals surface area contributed by atoms with E-state index in [1.807, 2.05) is 54.8 Å². The van der Waals surface area contributed by atoms with E-state index in [2.05, 4.69) is 29.2 Å². The first-order chi connectivity index (χ1) is 17.1. The van der Waals surface area contributed by atoms with Crippen LogP contribution in [0.15, 0.2) is 101 Å². The largest absolute Gasteiger partial charge is 0.452 e. The van der Waals surface area contributed by atoms with Gasteiger partial charge in [0.25, 0.3) is 5.91 Å². The van der Waals surface area contributed by atoms with Gasteiger partial charge in [-0.25, -0.2) is 14.8 Å². The van der Waals surface area contributed by atoms with Gasteiger partial charge in [-0.2, -0.15) is 5.10 Å². The molecule has 1 aliphatic heterocycles. The van der Waals surface area contributed by atoms with Crippen molar-refractivity contribution in [3.8, 4) is 0 Å². The van der Waals surface area contributed by atoms with Crippen molar-refractivity contribution >= 4 is 40.1 Å². The Bertz CT molecular complexity index is 1420. The molecule has 0 spiro atoms. The Hall–Kier alpha value is -3.97. The lowest BCUT2D eigenvalue weighted by Gasteiger charge is -2.22. The molecule has 0 fully saturated rings. The molecular formula is C28H23N3O3S. The number of carbonyl (C=O) groups is 2. The molecule has 35 heavy (non-hydrogen) atoms. The number of hydrogen-bond acceptors (Lipinski definition) is 6. The summed E-state index contributed by atoms with van der Waals surface area (Å²) in [5, 5.41) is 8.97. The quantitative estimate of drug-likeness (QED) is 0.269. The van der Waals surface area contributed by atoms with Crippen molar-refractivity contribution in [2.24, 2.45) is 5.10 Å². The molecule has 7 heteroatoms. The number of benzene rings is 3. The Labute approximate surface area is 207 Å². The van der Waals surface area contributed by atoms with Gasteiger partial charge >= 0.3 is 5.97 Å². The number of thioether (sulfide) groups is 1. The van der Waals surface area contributed by atoms with Gasteiger partial charge in [-0.05, 0) is 46.4 Å². The van der Waals surface area contributed by atoms with E-state index in [1.54, 1.807) is 18.3 Å². The molecule has 0 unspecified atom stereocenters. The average molecular weight is 482 g/mol. The summed E-state index contributed by atoms with van der Waals surface area (Å²) >= 11 is 1.35. The summed E-state index contributed by atoms with van der Waals surface area (Å²) in [6, 6.07) is 27.2. The molecule has 0 radical (unpaired) electrons. The van der Waals surface area contributed by atoms with Crippen LogP contribution >= 0.6 is 11.8 Å². The van der Waals surface area contributed by atoms with Crippen LogP contribution in [0.4, 0.5) is 0 Å². The van der Waals surface area contributed by atoms with Crippen LogP contribution in [0, 0.1) is 0 Å². The second-order valence-corrected chi connectivity index (χ2v) is 8.91. The van der Waals surface area contributed by atoms with Gasteiger partial charge in [0.1, 0.15) is 5.03 Å². The van der Waals surface area contributed by atoms with E-state index in [0.717, 1.165) is 27.6 Å². The fraction of sp³-hybridized carbons (Fsp3) is 0.143. The van der Waals surface area contributed by atoms with Gasteiger partial charge in [-0.1, -0.05) is 66.7 Å². The van der Waals surface area contributed by atoms with Crippen molar-refractivity contribution in [2.45, 2.75) is 17.5 Å². The smallest absolute Gasteiger partial charge is 0.341 e. The van der Waals surface area contributed by atoms with Gasteiger partial charge in [0, 0.05) is 12.6 Å². The lowest BCUT2D eigenvalue weighted by Crippen LogP contribution is -2.31. The van der Waals surface area contributed by atoms with Crippen LogP contribution in [0.5, 0.6) is 0 Å². The minimum absolute atomic E-state index is 0.274. The second-order valence-electron chi connectivity index (χ2n) is 8.11. The van der Waals surface area contributed by atoms with Crippen LogP contribution < -0.4 is 0 Å². The molecule has 174 valence electrons. The summed E-state index contributed by atoms with van der Waals surface area (Å²) in [6.45, 7) is -0.403. The summed E-state index contributed by atoms with van der Waals surface area (Å²) in [4.78, 5) is 30.0. The third kappa shape index (κ3) is 4.81. The van der Waals surface area contributed by atoms with Crippen LogP contribution in [0.25, 0.3) is 10.8 Å². The number of carbonyl (C=O) groups excluding carboxylic acids is 2. The molecule has 1 aliphatic rings. The highest BCUT2D eigenvalue weighted by Crippen LogP contribution is 2.33. The van der Waals surface area contributed by atoms with Crippen LogP contribution in [-0.4, -0.2) is 40.4 Å². The number of ether oxygens (including phenoxy) is 1. The van der Waals surface area contributed by atoms with Crippen molar-refractivity contribution in [2.75, 3.05) is 12.9 Å². The zero-order valence-corrected chi connectivity index (χ0v) is 19.9. The third-order valence-electron chi connectivity index (χ3n) is 5.94. The second kappa shape index (κ2) is 10.1. The Morgan fingerprint density at radius 3 is 2.54 bits per heavy atom. The molecular weight excluding hydrogens is 458 g/mol. The average Bonchev–Trinajstić information content (AvgIpc) is 3.37. The molecule has 0 N–H and O–H groups in total. The number of nitrogens with zero attached hydrogens (tertiary/aromatic N) is 3. The predicted octanol–water partition coefficient (Wildman–Crippen LogP) is 5.49. The van der Waals surface area contributed by atoms with E-state index in [1.165, 1.54) is 16.8 Å². The third-order valence-corrected chi connectivity index (χ3v) is 6.66. The van der Waals surface area contributed by atoms with E-state index in [-0.39, 0.29) is 11.9 Å². The standard InChI is InChI=1S/C28H23N3O3S/c1-35-27-23(12-7-15-29-27)28(33)34-18-26(32)31-25(20-9-3-2-4-10-20)17-24(30-31)22-14-13-19-8-5-6-11-21(19)16-22/h2-16,25H,17-18H2,1H3/t25-/m1/s1. The van der Waals surface area contributed by atoms with Gasteiger partial charge in [-0.3, -0.25) is 4.79 Å². The van der Waals surface area contributed by atoms with Crippen LogP contribution in [0.2, 0.25) is 0 Å². The van der Waals surface area contributed by atoms with E-state index in [9.17, 15) is 9.59 Å². The van der Waals surface area contributed by atoms with E-state index >= 15 is 0 Å². The first-order valence-corrected chi connectivity index (χ1v) is 12.5. The van der Waals surface area contributed by atoms with Gasteiger partial charge in [0.2, 0.25) is 0 Å². The maximum Gasteiger partial charge on any atom is 0.341 e. The number of esters is 1. The van der Waals surface area contributed by atoms with E-state index in [4.69, 9.17) is 9.84 Å². The zero-order chi connectivity index (χ0) is 24.2. The number of hydrazone groups is 1. The molecule has 1 amide bonds. The molecule has 5 rings (SSSR count). The number of aromatic nitrogens is 1. The lowest BCUT2D eigenvalue weighted by molar-refractivity contribution is -0.136. The maximum absolute atomic E-state index is 13.2. The number of pyridine rings is 1. The number of hydrogen-bond donors (Lipinski definition) is 0. The number of rotatable bonds is 6. The van der Waals surface area contributed by atoms with Crippen LogP contribution in [0.1, 0.15) is 33.9 Å². The van der Waals surface area contributed by atoms with Crippen molar-refractivity contribution in [1.82, 2.24) is 9.99 Å². The SMILES string of the molecule is CSc1ncccc1C(=O)OCC(=O)N1N=C(c2ccc3ccccc3c2)C[C@@H]1c1ccccc1. The fourth-order valence-corrected chi connectivity index (χ4v) is 4.74. The lowest BCUT2D eigenvalue weighted by atomic mass is 9.97.